The van der Waals surface area contributed by atoms with Crippen LogP contribution in [0.2, 0.25) is 0 Å². The number of hydrogen-bond donors (Lipinski definition) is 0. The maximum absolute atomic E-state index is 2.44. The highest BCUT2D eigenvalue weighted by atomic mass is 32.1. The van der Waals surface area contributed by atoms with Crippen molar-refractivity contribution >= 4 is 80.1 Å². The fourth-order valence-corrected chi connectivity index (χ4v) is 12.1. The van der Waals surface area contributed by atoms with E-state index in [1.165, 1.54) is 96.0 Å². The maximum atomic E-state index is 2.44. The summed E-state index contributed by atoms with van der Waals surface area (Å²) in [7, 11) is 0. The van der Waals surface area contributed by atoms with Gasteiger partial charge in [-0.15, -0.1) is 22.7 Å². The molecule has 2 aromatic heterocycles. The van der Waals surface area contributed by atoms with Gasteiger partial charge in [0.1, 0.15) is 0 Å². The topological polar surface area (TPSA) is 3.24 Å². The lowest BCUT2D eigenvalue weighted by atomic mass is 9.82. The van der Waals surface area contributed by atoms with Crippen LogP contribution in [-0.4, -0.2) is 0 Å². The van der Waals surface area contributed by atoms with E-state index in [-0.39, 0.29) is 5.41 Å². The van der Waals surface area contributed by atoms with Crippen molar-refractivity contribution in [2.45, 2.75) is 19.3 Å². The lowest BCUT2D eigenvalue weighted by molar-refractivity contribution is 0.660. The summed E-state index contributed by atoms with van der Waals surface area (Å²) in [6, 6.07) is 74.2. The van der Waals surface area contributed by atoms with Crippen molar-refractivity contribution < 1.29 is 0 Å². The molecule has 60 heavy (non-hydrogen) atoms. The predicted octanol–water partition coefficient (Wildman–Crippen LogP) is 17.2. The van der Waals surface area contributed by atoms with E-state index >= 15 is 0 Å². The Balaban J connectivity index is 1.01. The molecule has 12 rings (SSSR count). The number of nitrogens with zero attached hydrogens (tertiary/aromatic N) is 1. The van der Waals surface area contributed by atoms with Crippen LogP contribution in [0.3, 0.4) is 0 Å². The molecule has 0 spiro atoms. The van der Waals surface area contributed by atoms with Gasteiger partial charge in [0.25, 0.3) is 0 Å². The Hall–Kier alpha value is -6.78. The molecule has 0 saturated heterocycles. The van der Waals surface area contributed by atoms with Crippen LogP contribution in [0.15, 0.2) is 200 Å². The van der Waals surface area contributed by atoms with E-state index in [1.807, 2.05) is 22.7 Å². The third kappa shape index (κ3) is 5.50. The smallest absolute Gasteiger partial charge is 0.0465 e. The van der Waals surface area contributed by atoms with Crippen LogP contribution < -0.4 is 4.90 Å². The molecular weight excluding hydrogens is 763 g/mol. The molecule has 0 amide bonds. The first kappa shape index (κ1) is 35.2. The Morgan fingerprint density at radius 3 is 1.60 bits per heavy atom. The van der Waals surface area contributed by atoms with Gasteiger partial charge in [-0.25, -0.2) is 0 Å². The summed E-state index contributed by atoms with van der Waals surface area (Å²) >= 11 is 3.79. The molecule has 1 aliphatic carbocycles. The maximum Gasteiger partial charge on any atom is 0.0465 e. The first-order chi connectivity index (χ1) is 29.5. The molecule has 0 unspecified atom stereocenters. The Morgan fingerprint density at radius 2 is 0.867 bits per heavy atom. The zero-order valence-electron chi connectivity index (χ0n) is 33.3. The Bertz CT molecular complexity index is 3440. The highest BCUT2D eigenvalue weighted by molar-refractivity contribution is 7.26. The summed E-state index contributed by atoms with van der Waals surface area (Å²) < 4.78 is 5.31. The molecular formula is C57H39NS2. The molecule has 0 atom stereocenters. The van der Waals surface area contributed by atoms with Gasteiger partial charge in [0.2, 0.25) is 0 Å². The number of anilines is 3. The molecule has 0 aliphatic heterocycles. The van der Waals surface area contributed by atoms with Crippen molar-refractivity contribution in [1.82, 2.24) is 0 Å². The van der Waals surface area contributed by atoms with Crippen molar-refractivity contribution in [2.24, 2.45) is 0 Å². The number of fused-ring (bicyclic) bond motifs is 9. The average molecular weight is 802 g/mol. The van der Waals surface area contributed by atoms with Gasteiger partial charge >= 0.3 is 0 Å². The first-order valence-electron chi connectivity index (χ1n) is 20.7. The Labute approximate surface area is 358 Å². The van der Waals surface area contributed by atoms with Crippen molar-refractivity contribution in [3.05, 3.63) is 211 Å². The van der Waals surface area contributed by atoms with Gasteiger partial charge in [0.05, 0.1) is 0 Å². The van der Waals surface area contributed by atoms with Crippen LogP contribution in [0.25, 0.3) is 84.9 Å². The monoisotopic (exact) mass is 801 g/mol. The summed E-state index contributed by atoms with van der Waals surface area (Å²) in [6.07, 6.45) is 0. The molecule has 3 heteroatoms. The normalized spacial score (nSPS) is 13.0. The number of thiophene rings is 2. The number of hydrogen-bond acceptors (Lipinski definition) is 3. The largest absolute Gasteiger partial charge is 0.310 e. The van der Waals surface area contributed by atoms with E-state index in [9.17, 15) is 0 Å². The van der Waals surface area contributed by atoms with Crippen LogP contribution in [0.5, 0.6) is 0 Å². The molecule has 0 bridgehead atoms. The SMILES string of the molecule is CC1(C)c2ccccc2-c2ccc(N(c3ccc(-c4ccccc4)cc3)c3ccc(-c4cc(-c5cccc6c5sc5ccccc56)cc5c4sc4ccccc45)cc3)cc21. The highest BCUT2D eigenvalue weighted by Crippen LogP contribution is 2.51. The van der Waals surface area contributed by atoms with Crippen LogP contribution in [0.4, 0.5) is 17.1 Å². The molecule has 0 N–H and O–H groups in total. The molecule has 0 saturated carbocycles. The minimum atomic E-state index is -0.102. The van der Waals surface area contributed by atoms with E-state index in [2.05, 4.69) is 219 Å². The predicted molar refractivity (Wildman–Crippen MR) is 261 cm³/mol. The van der Waals surface area contributed by atoms with Gasteiger partial charge in [0, 0.05) is 68.4 Å². The molecule has 284 valence electrons. The van der Waals surface area contributed by atoms with Crippen LogP contribution >= 0.6 is 22.7 Å². The molecule has 1 aliphatic rings. The summed E-state index contributed by atoms with van der Waals surface area (Å²) in [5.74, 6) is 0. The van der Waals surface area contributed by atoms with Crippen molar-refractivity contribution in [2.75, 3.05) is 4.90 Å². The van der Waals surface area contributed by atoms with E-state index in [1.54, 1.807) is 0 Å². The van der Waals surface area contributed by atoms with E-state index in [0.29, 0.717) is 0 Å². The van der Waals surface area contributed by atoms with E-state index in [4.69, 9.17) is 0 Å². The number of rotatable bonds is 6. The molecule has 9 aromatic carbocycles. The van der Waals surface area contributed by atoms with Gasteiger partial charge < -0.3 is 4.90 Å². The molecule has 0 fully saturated rings. The zero-order valence-corrected chi connectivity index (χ0v) is 34.9. The molecule has 11 aromatic rings. The van der Waals surface area contributed by atoms with Crippen LogP contribution in [-0.2, 0) is 5.41 Å². The van der Waals surface area contributed by atoms with Crippen LogP contribution in [0, 0.1) is 0 Å². The second kappa shape index (κ2) is 13.6. The number of benzene rings is 9. The highest BCUT2D eigenvalue weighted by Gasteiger charge is 2.35. The lowest BCUT2D eigenvalue weighted by Gasteiger charge is -2.28. The van der Waals surface area contributed by atoms with Gasteiger partial charge in [-0.1, -0.05) is 153 Å². The average Bonchev–Trinajstić information content (AvgIpc) is 3.95. The van der Waals surface area contributed by atoms with Crippen molar-refractivity contribution in [3.63, 3.8) is 0 Å². The van der Waals surface area contributed by atoms with E-state index < -0.39 is 0 Å². The third-order valence-corrected chi connectivity index (χ3v) is 15.1. The first-order valence-corrected chi connectivity index (χ1v) is 22.3. The summed E-state index contributed by atoms with van der Waals surface area (Å²) in [5, 5.41) is 5.28. The quantitative estimate of drug-likeness (QED) is 0.162. The van der Waals surface area contributed by atoms with Gasteiger partial charge in [-0.3, -0.25) is 0 Å². The minimum Gasteiger partial charge on any atom is -0.310 e. The van der Waals surface area contributed by atoms with Gasteiger partial charge in [-0.05, 0) is 111 Å². The summed E-state index contributed by atoms with van der Waals surface area (Å²) in [5.41, 5.74) is 16.2. The van der Waals surface area contributed by atoms with Crippen molar-refractivity contribution in [1.29, 1.82) is 0 Å². The van der Waals surface area contributed by atoms with Crippen molar-refractivity contribution in [3.8, 4) is 44.5 Å². The van der Waals surface area contributed by atoms with E-state index in [0.717, 1.165) is 17.1 Å². The standard InChI is InChI=1S/C57H39NS2/c1-57(2)51-20-9-6-15-44(51)45-32-31-42(35-52(45)57)58(40-27-23-37(24-28-40)36-13-4-3-5-14-36)41-29-25-38(26-30-41)49-33-39(34-50-47-17-8-11-22-54(47)60-56(49)50)43-18-12-19-48-46-16-7-10-21-53(46)59-55(43)48/h3-35H,1-2H3. The Morgan fingerprint density at radius 1 is 0.333 bits per heavy atom. The minimum absolute atomic E-state index is 0.102. The van der Waals surface area contributed by atoms with Crippen LogP contribution in [0.1, 0.15) is 25.0 Å². The summed E-state index contributed by atoms with van der Waals surface area (Å²) in [6.45, 7) is 4.72. The zero-order chi connectivity index (χ0) is 40.0. The van der Waals surface area contributed by atoms with Gasteiger partial charge in [-0.2, -0.15) is 0 Å². The second-order valence-electron chi connectivity index (χ2n) is 16.5. The third-order valence-electron chi connectivity index (χ3n) is 12.7. The fourth-order valence-electron chi connectivity index (χ4n) is 9.67. The Kier molecular flexibility index (Phi) is 8.00. The molecule has 0 radical (unpaired) electrons. The lowest BCUT2D eigenvalue weighted by Crippen LogP contribution is -2.16. The second-order valence-corrected chi connectivity index (χ2v) is 18.6. The molecule has 2 heterocycles. The molecule has 1 nitrogen and oxygen atoms in total. The fraction of sp³-hybridized carbons (Fsp3) is 0.0526. The van der Waals surface area contributed by atoms with Gasteiger partial charge in [0.15, 0.2) is 0 Å². The summed E-state index contributed by atoms with van der Waals surface area (Å²) in [4.78, 5) is 2.42.